The molecule has 0 atom stereocenters. The second-order valence-electron chi connectivity index (χ2n) is 17.2. The number of hydrogen-bond donors (Lipinski definition) is 0. The van der Waals surface area contributed by atoms with Gasteiger partial charge in [0, 0.05) is 17.1 Å². The third-order valence-corrected chi connectivity index (χ3v) is 13.5. The number of anilines is 3. The molecule has 0 heterocycles. The Morgan fingerprint density at radius 2 is 0.697 bits per heavy atom. The first-order chi connectivity index (χ1) is 32.7. The van der Waals surface area contributed by atoms with Gasteiger partial charge in [-0.15, -0.1) is 0 Å². The zero-order valence-electron chi connectivity index (χ0n) is 36.4. The van der Waals surface area contributed by atoms with Crippen molar-refractivity contribution in [1.29, 1.82) is 0 Å². The van der Waals surface area contributed by atoms with Gasteiger partial charge in [-0.2, -0.15) is 0 Å². The van der Waals surface area contributed by atoms with E-state index < -0.39 is 5.41 Å². The van der Waals surface area contributed by atoms with Crippen molar-refractivity contribution in [3.05, 3.63) is 295 Å². The molecule has 0 aromatic heterocycles. The SMILES string of the molecule is c1ccc(-c2ccccc2-c2cccc(N(c3ccc(-c4ccc5c(c4)C(c4ccccc4)(c4ccccc4)c4ccccc4-5)cc3)c3cccc(-c4ccc5ccccc5c4)c3)c2)cc1. The van der Waals surface area contributed by atoms with E-state index in [0.29, 0.717) is 0 Å². The summed E-state index contributed by atoms with van der Waals surface area (Å²) in [6.45, 7) is 0. The molecule has 0 aliphatic heterocycles. The summed E-state index contributed by atoms with van der Waals surface area (Å²) in [5, 5.41) is 2.48. The van der Waals surface area contributed by atoms with Crippen molar-refractivity contribution in [3.63, 3.8) is 0 Å². The zero-order chi connectivity index (χ0) is 43.9. The second-order valence-corrected chi connectivity index (χ2v) is 17.2. The maximum absolute atomic E-state index is 2.45. The number of nitrogens with zero attached hydrogens (tertiary/aromatic N) is 1. The molecule has 1 heteroatoms. The van der Waals surface area contributed by atoms with Gasteiger partial charge >= 0.3 is 0 Å². The molecule has 0 amide bonds. The van der Waals surface area contributed by atoms with Crippen LogP contribution in [0.4, 0.5) is 17.1 Å². The van der Waals surface area contributed by atoms with E-state index in [2.05, 4.69) is 278 Å². The van der Waals surface area contributed by atoms with Crippen LogP contribution in [0.5, 0.6) is 0 Å². The monoisotopic (exact) mass is 839 g/mol. The van der Waals surface area contributed by atoms with Gasteiger partial charge < -0.3 is 4.90 Å². The fourth-order valence-electron chi connectivity index (χ4n) is 10.5. The van der Waals surface area contributed by atoms with Crippen LogP contribution in [0.3, 0.4) is 0 Å². The lowest BCUT2D eigenvalue weighted by atomic mass is 9.67. The Kier molecular flexibility index (Phi) is 9.81. The number of rotatable bonds is 9. The summed E-state index contributed by atoms with van der Waals surface area (Å²) >= 11 is 0. The lowest BCUT2D eigenvalue weighted by Gasteiger charge is -2.34. The topological polar surface area (TPSA) is 3.24 Å². The minimum Gasteiger partial charge on any atom is -0.310 e. The van der Waals surface area contributed by atoms with E-state index in [1.165, 1.54) is 88.7 Å². The van der Waals surface area contributed by atoms with Crippen LogP contribution < -0.4 is 4.90 Å². The third-order valence-electron chi connectivity index (χ3n) is 13.5. The lowest BCUT2D eigenvalue weighted by Crippen LogP contribution is -2.28. The van der Waals surface area contributed by atoms with Crippen molar-refractivity contribution in [2.75, 3.05) is 4.90 Å². The molecular formula is C65H45N. The molecule has 0 N–H and O–H groups in total. The third kappa shape index (κ3) is 6.73. The van der Waals surface area contributed by atoms with Crippen molar-refractivity contribution < 1.29 is 0 Å². The minimum absolute atomic E-state index is 0.457. The van der Waals surface area contributed by atoms with Gasteiger partial charge in [0.2, 0.25) is 0 Å². The Morgan fingerprint density at radius 3 is 1.39 bits per heavy atom. The van der Waals surface area contributed by atoms with Crippen LogP contribution in [-0.4, -0.2) is 0 Å². The Hall–Kier alpha value is -8.52. The van der Waals surface area contributed by atoms with Gasteiger partial charge in [0.05, 0.1) is 5.41 Å². The van der Waals surface area contributed by atoms with E-state index in [1.807, 2.05) is 0 Å². The van der Waals surface area contributed by atoms with Crippen molar-refractivity contribution in [2.24, 2.45) is 0 Å². The lowest BCUT2D eigenvalue weighted by molar-refractivity contribution is 0.769. The quantitative estimate of drug-likeness (QED) is 0.140. The molecule has 0 unspecified atom stereocenters. The molecule has 0 fully saturated rings. The molecule has 1 aliphatic carbocycles. The second kappa shape index (κ2) is 16.6. The largest absolute Gasteiger partial charge is 0.310 e. The van der Waals surface area contributed by atoms with Gasteiger partial charge in [0.25, 0.3) is 0 Å². The van der Waals surface area contributed by atoms with Crippen LogP contribution in [0.25, 0.3) is 66.4 Å². The molecule has 1 nitrogen and oxygen atoms in total. The maximum Gasteiger partial charge on any atom is 0.0713 e. The molecule has 11 aromatic rings. The summed E-state index contributed by atoms with van der Waals surface area (Å²) in [4.78, 5) is 2.40. The van der Waals surface area contributed by atoms with E-state index in [4.69, 9.17) is 0 Å². The van der Waals surface area contributed by atoms with Gasteiger partial charge in [0.15, 0.2) is 0 Å². The van der Waals surface area contributed by atoms with Crippen LogP contribution >= 0.6 is 0 Å². The minimum atomic E-state index is -0.457. The molecule has 66 heavy (non-hydrogen) atoms. The molecule has 0 saturated heterocycles. The molecule has 0 bridgehead atoms. The Labute approximate surface area is 387 Å². The van der Waals surface area contributed by atoms with Crippen molar-refractivity contribution in [3.8, 4) is 55.6 Å². The highest BCUT2D eigenvalue weighted by Crippen LogP contribution is 2.56. The number of fused-ring (bicyclic) bond motifs is 4. The highest BCUT2D eigenvalue weighted by molar-refractivity contribution is 5.92. The number of hydrogen-bond acceptors (Lipinski definition) is 1. The average molecular weight is 840 g/mol. The molecular weight excluding hydrogens is 795 g/mol. The van der Waals surface area contributed by atoms with Crippen molar-refractivity contribution in [1.82, 2.24) is 0 Å². The van der Waals surface area contributed by atoms with E-state index in [9.17, 15) is 0 Å². The first-order valence-electron chi connectivity index (χ1n) is 22.8. The molecule has 0 radical (unpaired) electrons. The molecule has 1 aliphatic rings. The Bertz CT molecular complexity index is 3480. The van der Waals surface area contributed by atoms with Gasteiger partial charge in [-0.05, 0) is 137 Å². The van der Waals surface area contributed by atoms with Gasteiger partial charge in [0.1, 0.15) is 0 Å². The Balaban J connectivity index is 0.987. The van der Waals surface area contributed by atoms with Crippen LogP contribution in [0.1, 0.15) is 22.3 Å². The van der Waals surface area contributed by atoms with E-state index in [0.717, 1.165) is 17.1 Å². The van der Waals surface area contributed by atoms with Crippen LogP contribution in [0.15, 0.2) is 273 Å². The van der Waals surface area contributed by atoms with E-state index >= 15 is 0 Å². The van der Waals surface area contributed by atoms with Crippen molar-refractivity contribution >= 4 is 27.8 Å². The molecule has 310 valence electrons. The maximum atomic E-state index is 2.45. The predicted octanol–water partition coefficient (Wildman–Crippen LogP) is 17.3. The summed E-state index contributed by atoms with van der Waals surface area (Å²) in [5.74, 6) is 0. The smallest absolute Gasteiger partial charge is 0.0713 e. The fraction of sp³-hybridized carbons (Fsp3) is 0.0154. The zero-order valence-corrected chi connectivity index (χ0v) is 36.4. The number of benzene rings is 11. The summed E-state index contributed by atoms with van der Waals surface area (Å²) in [6, 6.07) is 100.0. The first-order valence-corrected chi connectivity index (χ1v) is 22.8. The Morgan fingerprint density at radius 1 is 0.227 bits per heavy atom. The van der Waals surface area contributed by atoms with Crippen molar-refractivity contribution in [2.45, 2.75) is 5.41 Å². The van der Waals surface area contributed by atoms with Crippen LogP contribution in [0.2, 0.25) is 0 Å². The van der Waals surface area contributed by atoms with Gasteiger partial charge in [-0.25, -0.2) is 0 Å². The van der Waals surface area contributed by atoms with E-state index in [1.54, 1.807) is 0 Å². The van der Waals surface area contributed by atoms with Gasteiger partial charge in [-0.1, -0.05) is 224 Å². The molecule has 12 rings (SSSR count). The van der Waals surface area contributed by atoms with Crippen LogP contribution in [0, 0.1) is 0 Å². The summed E-state index contributed by atoms with van der Waals surface area (Å²) in [5.41, 5.74) is 20.0. The summed E-state index contributed by atoms with van der Waals surface area (Å²) in [7, 11) is 0. The molecule has 11 aromatic carbocycles. The van der Waals surface area contributed by atoms with E-state index in [-0.39, 0.29) is 0 Å². The standard InChI is InChI=1S/C65H45N/c1-4-19-48(20-5-1)59-30-12-13-31-60(59)53-23-17-29-58(44-53)66(57-28-16-22-50(43-57)51-35-34-46-18-10-11-21-49(46)42-51)56-39-36-47(37-40-56)52-38-41-62-61-32-14-15-33-63(61)65(64(62)45-52,54-24-6-2-7-25-54)55-26-8-3-9-27-55/h1-45H. The fourth-order valence-corrected chi connectivity index (χ4v) is 10.5. The molecule has 0 saturated carbocycles. The highest BCUT2D eigenvalue weighted by Gasteiger charge is 2.46. The predicted molar refractivity (Wildman–Crippen MR) is 278 cm³/mol. The van der Waals surface area contributed by atoms with Gasteiger partial charge in [-0.3, -0.25) is 0 Å². The first kappa shape index (κ1) is 39.1. The summed E-state index contributed by atoms with van der Waals surface area (Å²) < 4.78 is 0. The normalized spacial score (nSPS) is 12.4. The average Bonchev–Trinajstić information content (AvgIpc) is 3.70. The molecule has 0 spiro atoms. The highest BCUT2D eigenvalue weighted by atomic mass is 15.1. The van der Waals surface area contributed by atoms with Crippen LogP contribution in [-0.2, 0) is 5.41 Å². The summed E-state index contributed by atoms with van der Waals surface area (Å²) in [6.07, 6.45) is 0.